The summed E-state index contributed by atoms with van der Waals surface area (Å²) in [6.07, 6.45) is 10.5. The molecule has 0 aromatic heterocycles. The minimum atomic E-state index is -0.199. The average molecular weight is 375 g/mol. The number of likely N-dealkylation sites (tertiary alicyclic amines) is 1. The number of halogens is 1. The zero-order valence-corrected chi connectivity index (χ0v) is 16.0. The molecule has 0 spiro atoms. The van der Waals surface area contributed by atoms with E-state index in [2.05, 4.69) is 16.3 Å². The Morgan fingerprint density at radius 3 is 2.70 bits per heavy atom. The van der Waals surface area contributed by atoms with Gasteiger partial charge in [0.05, 0.1) is 6.10 Å². The quantitative estimate of drug-likeness (QED) is 0.756. The summed E-state index contributed by atoms with van der Waals surface area (Å²) in [7, 11) is 0. The van der Waals surface area contributed by atoms with Gasteiger partial charge in [-0.25, -0.2) is 4.39 Å². The first-order chi connectivity index (χ1) is 13.2. The zero-order chi connectivity index (χ0) is 18.9. The Morgan fingerprint density at radius 1 is 1.22 bits per heavy atom. The van der Waals surface area contributed by atoms with Crippen LogP contribution in [-0.2, 0) is 9.53 Å². The molecule has 4 nitrogen and oxygen atoms in total. The molecular formula is C22H31FN2O2. The number of carbonyl (C=O) groups is 1. The molecule has 2 aliphatic heterocycles. The minimum Gasteiger partial charge on any atom is -0.376 e. The topological polar surface area (TPSA) is 41.6 Å². The summed E-state index contributed by atoms with van der Waals surface area (Å²) < 4.78 is 18.4. The van der Waals surface area contributed by atoms with Crippen LogP contribution in [-0.4, -0.2) is 49.7 Å². The van der Waals surface area contributed by atoms with Crippen LogP contribution in [0.5, 0.6) is 0 Å². The van der Waals surface area contributed by atoms with Gasteiger partial charge < -0.3 is 10.1 Å². The monoisotopic (exact) mass is 374 g/mol. The number of hydrogen-bond donors (Lipinski definition) is 1. The smallest absolute Gasteiger partial charge is 0.220 e. The predicted molar refractivity (Wildman–Crippen MR) is 106 cm³/mol. The predicted octanol–water partition coefficient (Wildman–Crippen LogP) is 3.63. The molecule has 2 aliphatic rings. The lowest BCUT2D eigenvalue weighted by atomic mass is 9.92. The van der Waals surface area contributed by atoms with Crippen molar-refractivity contribution in [2.45, 2.75) is 44.6 Å². The highest BCUT2D eigenvalue weighted by Gasteiger charge is 2.20. The summed E-state index contributed by atoms with van der Waals surface area (Å²) in [4.78, 5) is 14.4. The second kappa shape index (κ2) is 10.6. The van der Waals surface area contributed by atoms with Gasteiger partial charge >= 0.3 is 0 Å². The number of carbonyl (C=O) groups excluding carboxylic acids is 1. The van der Waals surface area contributed by atoms with E-state index in [1.165, 1.54) is 12.1 Å². The largest absolute Gasteiger partial charge is 0.376 e. The van der Waals surface area contributed by atoms with E-state index < -0.39 is 0 Å². The third-order valence-electron chi connectivity index (χ3n) is 5.58. The summed E-state index contributed by atoms with van der Waals surface area (Å²) in [5.74, 6) is 0.612. The number of nitrogens with one attached hydrogen (secondary N) is 1. The SMILES string of the molecule is O=C(CCC1CCN(CC=Cc2ccc(F)cc2)CC1)NCC1CCCO1. The standard InChI is InChI=1S/C22H31FN2O2/c23-20-8-5-18(6-9-20)3-1-13-25-14-11-19(12-15-25)7-10-22(26)24-17-21-4-2-16-27-21/h1,3,5-6,8-9,19,21H,2,4,7,10-17H2,(H,24,26). The summed E-state index contributed by atoms with van der Waals surface area (Å²) >= 11 is 0. The molecule has 0 bridgehead atoms. The number of piperidine rings is 1. The molecule has 5 heteroatoms. The molecule has 2 saturated heterocycles. The van der Waals surface area contributed by atoms with Gasteiger partial charge in [-0.1, -0.05) is 24.3 Å². The number of benzene rings is 1. The van der Waals surface area contributed by atoms with Crippen LogP contribution in [0, 0.1) is 11.7 Å². The van der Waals surface area contributed by atoms with Crippen LogP contribution in [0.15, 0.2) is 30.3 Å². The maximum absolute atomic E-state index is 12.9. The van der Waals surface area contributed by atoms with E-state index in [0.29, 0.717) is 18.9 Å². The van der Waals surface area contributed by atoms with Crippen LogP contribution in [0.1, 0.15) is 44.1 Å². The van der Waals surface area contributed by atoms with Gasteiger partial charge in [0, 0.05) is 26.1 Å². The number of nitrogens with zero attached hydrogens (tertiary/aromatic N) is 1. The van der Waals surface area contributed by atoms with Crippen LogP contribution in [0.3, 0.4) is 0 Å². The Balaban J connectivity index is 1.27. The molecule has 0 aliphatic carbocycles. The van der Waals surface area contributed by atoms with Crippen LogP contribution in [0.25, 0.3) is 6.08 Å². The molecule has 0 saturated carbocycles. The average Bonchev–Trinajstić information content (AvgIpc) is 3.21. The Kier molecular flexibility index (Phi) is 7.84. The van der Waals surface area contributed by atoms with Gasteiger partial charge in [-0.05, 0) is 68.8 Å². The van der Waals surface area contributed by atoms with Crippen LogP contribution >= 0.6 is 0 Å². The van der Waals surface area contributed by atoms with Gasteiger partial charge in [-0.2, -0.15) is 0 Å². The maximum Gasteiger partial charge on any atom is 0.220 e. The van der Waals surface area contributed by atoms with Crippen molar-refractivity contribution in [2.24, 2.45) is 5.92 Å². The van der Waals surface area contributed by atoms with Crippen LogP contribution < -0.4 is 5.32 Å². The molecule has 3 rings (SSSR count). The van der Waals surface area contributed by atoms with Crippen molar-refractivity contribution in [2.75, 3.05) is 32.8 Å². The van der Waals surface area contributed by atoms with Crippen molar-refractivity contribution in [3.8, 4) is 0 Å². The van der Waals surface area contributed by atoms with Crippen molar-refractivity contribution >= 4 is 12.0 Å². The summed E-state index contributed by atoms with van der Waals surface area (Å²) in [5.41, 5.74) is 1.03. The fourth-order valence-electron chi connectivity index (χ4n) is 3.83. The first-order valence-corrected chi connectivity index (χ1v) is 10.2. The Hall–Kier alpha value is -1.72. The molecule has 148 valence electrons. The van der Waals surface area contributed by atoms with E-state index in [1.54, 1.807) is 12.1 Å². The van der Waals surface area contributed by atoms with Crippen LogP contribution in [0.4, 0.5) is 4.39 Å². The Labute approximate surface area is 161 Å². The minimum absolute atomic E-state index is 0.162. The lowest BCUT2D eigenvalue weighted by molar-refractivity contribution is -0.122. The summed E-state index contributed by atoms with van der Waals surface area (Å²) in [6, 6.07) is 6.56. The first kappa shape index (κ1) is 20.0. The van der Waals surface area contributed by atoms with Crippen molar-refractivity contribution in [3.05, 3.63) is 41.7 Å². The van der Waals surface area contributed by atoms with Gasteiger partial charge in [-0.3, -0.25) is 9.69 Å². The number of rotatable bonds is 8. The molecule has 2 heterocycles. The van der Waals surface area contributed by atoms with Gasteiger partial charge in [0.15, 0.2) is 0 Å². The molecule has 1 unspecified atom stereocenters. The molecule has 2 fully saturated rings. The lowest BCUT2D eigenvalue weighted by Crippen LogP contribution is -2.35. The molecule has 1 atom stereocenters. The highest BCUT2D eigenvalue weighted by molar-refractivity contribution is 5.75. The van der Waals surface area contributed by atoms with Crippen molar-refractivity contribution < 1.29 is 13.9 Å². The van der Waals surface area contributed by atoms with E-state index in [1.807, 2.05) is 6.08 Å². The zero-order valence-electron chi connectivity index (χ0n) is 16.0. The summed E-state index contributed by atoms with van der Waals surface area (Å²) in [5, 5.41) is 3.01. The fourth-order valence-corrected chi connectivity index (χ4v) is 3.83. The molecule has 1 N–H and O–H groups in total. The number of amides is 1. The second-order valence-electron chi connectivity index (χ2n) is 7.68. The molecule has 1 aromatic rings. The highest BCUT2D eigenvalue weighted by Crippen LogP contribution is 2.22. The Bertz CT molecular complexity index is 603. The van der Waals surface area contributed by atoms with E-state index in [0.717, 1.165) is 63.9 Å². The van der Waals surface area contributed by atoms with E-state index in [9.17, 15) is 9.18 Å². The second-order valence-corrected chi connectivity index (χ2v) is 7.68. The molecule has 1 amide bonds. The molecule has 27 heavy (non-hydrogen) atoms. The van der Waals surface area contributed by atoms with Gasteiger partial charge in [0.25, 0.3) is 0 Å². The van der Waals surface area contributed by atoms with Gasteiger partial charge in [0.2, 0.25) is 5.91 Å². The van der Waals surface area contributed by atoms with Gasteiger partial charge in [0.1, 0.15) is 5.82 Å². The number of hydrogen-bond acceptors (Lipinski definition) is 3. The van der Waals surface area contributed by atoms with Gasteiger partial charge in [-0.15, -0.1) is 0 Å². The normalized spacial score (nSPS) is 21.7. The lowest BCUT2D eigenvalue weighted by Gasteiger charge is -2.31. The maximum atomic E-state index is 12.9. The molecular weight excluding hydrogens is 343 g/mol. The number of ether oxygens (including phenoxy) is 1. The highest BCUT2D eigenvalue weighted by atomic mass is 19.1. The van der Waals surface area contributed by atoms with E-state index >= 15 is 0 Å². The van der Waals surface area contributed by atoms with E-state index in [4.69, 9.17) is 4.74 Å². The van der Waals surface area contributed by atoms with Crippen molar-refractivity contribution in [1.82, 2.24) is 10.2 Å². The first-order valence-electron chi connectivity index (χ1n) is 10.2. The fraction of sp³-hybridized carbons (Fsp3) is 0.591. The van der Waals surface area contributed by atoms with Crippen LogP contribution in [0.2, 0.25) is 0 Å². The molecule has 0 radical (unpaired) electrons. The van der Waals surface area contributed by atoms with E-state index in [-0.39, 0.29) is 17.8 Å². The van der Waals surface area contributed by atoms with Crippen molar-refractivity contribution in [1.29, 1.82) is 0 Å². The third kappa shape index (κ3) is 7.07. The van der Waals surface area contributed by atoms with Crippen molar-refractivity contribution in [3.63, 3.8) is 0 Å². The third-order valence-corrected chi connectivity index (χ3v) is 5.58. The Morgan fingerprint density at radius 2 is 2.00 bits per heavy atom. The molecule has 1 aromatic carbocycles. The summed E-state index contributed by atoms with van der Waals surface area (Å²) in [6.45, 7) is 4.58.